The molecule has 1 aromatic carbocycles. The van der Waals surface area contributed by atoms with Crippen LogP contribution >= 0.6 is 11.3 Å². The van der Waals surface area contributed by atoms with Crippen molar-refractivity contribution < 1.29 is 4.79 Å². The van der Waals surface area contributed by atoms with E-state index in [1.807, 2.05) is 47.7 Å². The lowest BCUT2D eigenvalue weighted by molar-refractivity contribution is -0.122. The lowest BCUT2D eigenvalue weighted by atomic mass is 10.0. The number of aromatic nitrogens is 2. The summed E-state index contributed by atoms with van der Waals surface area (Å²) >= 11 is 1.62. The summed E-state index contributed by atoms with van der Waals surface area (Å²) in [6.45, 7) is 3.89. The topological polar surface area (TPSA) is 76.0 Å². The Hall–Kier alpha value is -2.95. The van der Waals surface area contributed by atoms with Crippen LogP contribution in [-0.4, -0.2) is 40.4 Å². The second-order valence-corrected chi connectivity index (χ2v) is 7.85. The van der Waals surface area contributed by atoms with E-state index in [4.69, 9.17) is 5.26 Å². The van der Waals surface area contributed by atoms with Crippen molar-refractivity contribution in [3.05, 3.63) is 70.6 Å². The number of carbonyl (C=O) groups is 1. The van der Waals surface area contributed by atoms with Crippen molar-refractivity contribution >= 4 is 22.2 Å². The van der Waals surface area contributed by atoms with Crippen molar-refractivity contribution in [1.29, 1.82) is 5.26 Å². The molecule has 0 bridgehead atoms. The highest BCUT2D eigenvalue weighted by molar-refractivity contribution is 7.14. The van der Waals surface area contributed by atoms with Gasteiger partial charge in [0.15, 0.2) is 0 Å². The number of rotatable bonds is 5. The number of benzene rings is 1. The number of anilines is 1. The first-order chi connectivity index (χ1) is 13.7. The Morgan fingerprint density at radius 1 is 1.29 bits per heavy atom. The highest BCUT2D eigenvalue weighted by atomic mass is 32.1. The van der Waals surface area contributed by atoms with E-state index >= 15 is 0 Å². The number of hydrogen-bond acceptors (Lipinski definition) is 5. The van der Waals surface area contributed by atoms with Gasteiger partial charge in [0.25, 0.3) is 0 Å². The zero-order valence-corrected chi connectivity index (χ0v) is 16.4. The van der Waals surface area contributed by atoms with Gasteiger partial charge in [-0.15, -0.1) is 11.3 Å². The number of imidazole rings is 1. The van der Waals surface area contributed by atoms with Gasteiger partial charge in [0, 0.05) is 19.3 Å². The van der Waals surface area contributed by atoms with Gasteiger partial charge in [-0.2, -0.15) is 5.26 Å². The average Bonchev–Trinajstić information content (AvgIpc) is 3.38. The Kier molecular flexibility index (Phi) is 5.24. The molecule has 1 unspecified atom stereocenters. The standard InChI is InChI=1S/C21H21N5OS/c1-15-6-9-28-21(15)26-8-7-25(13-20(26)27)19(18-12-23-14-24-18)10-16-2-4-17(11-22)5-3-16/h2-6,9,12,14,19H,7-8,10,13H2,1H3,(H,23,24). The van der Waals surface area contributed by atoms with Crippen LogP contribution in [0.1, 0.15) is 28.4 Å². The van der Waals surface area contributed by atoms with Crippen LogP contribution in [0.4, 0.5) is 5.00 Å². The van der Waals surface area contributed by atoms with Crippen LogP contribution in [0.3, 0.4) is 0 Å². The zero-order valence-electron chi connectivity index (χ0n) is 15.6. The molecule has 28 heavy (non-hydrogen) atoms. The maximum absolute atomic E-state index is 12.9. The van der Waals surface area contributed by atoms with Gasteiger partial charge in [0.2, 0.25) is 5.91 Å². The van der Waals surface area contributed by atoms with Crippen molar-refractivity contribution in [1.82, 2.24) is 14.9 Å². The smallest absolute Gasteiger partial charge is 0.241 e. The van der Waals surface area contributed by atoms with Gasteiger partial charge in [0.05, 0.1) is 36.2 Å². The molecule has 6 nitrogen and oxygen atoms in total. The molecule has 1 fully saturated rings. The monoisotopic (exact) mass is 391 g/mol. The molecule has 142 valence electrons. The second kappa shape index (κ2) is 7.97. The van der Waals surface area contributed by atoms with Gasteiger partial charge in [-0.3, -0.25) is 9.69 Å². The fraction of sp³-hybridized carbons (Fsp3) is 0.286. The van der Waals surface area contributed by atoms with Crippen LogP contribution in [-0.2, 0) is 11.2 Å². The molecule has 0 saturated carbocycles. The van der Waals surface area contributed by atoms with Gasteiger partial charge < -0.3 is 9.88 Å². The molecule has 3 heterocycles. The van der Waals surface area contributed by atoms with Crippen LogP contribution in [0, 0.1) is 18.3 Å². The molecule has 1 N–H and O–H groups in total. The van der Waals surface area contributed by atoms with E-state index in [9.17, 15) is 4.79 Å². The van der Waals surface area contributed by atoms with E-state index in [1.54, 1.807) is 17.7 Å². The molecule has 1 amide bonds. The highest BCUT2D eigenvalue weighted by Gasteiger charge is 2.32. The molecule has 1 atom stereocenters. The minimum absolute atomic E-state index is 0.0333. The van der Waals surface area contributed by atoms with E-state index in [0.29, 0.717) is 18.7 Å². The zero-order chi connectivity index (χ0) is 19.5. The van der Waals surface area contributed by atoms with Gasteiger partial charge in [-0.1, -0.05) is 12.1 Å². The van der Waals surface area contributed by atoms with Crippen molar-refractivity contribution in [3.8, 4) is 6.07 Å². The fourth-order valence-electron chi connectivity index (χ4n) is 3.64. The maximum atomic E-state index is 12.9. The minimum Gasteiger partial charge on any atom is -0.347 e. The maximum Gasteiger partial charge on any atom is 0.241 e. The van der Waals surface area contributed by atoms with E-state index in [1.165, 1.54) is 0 Å². The molecule has 0 radical (unpaired) electrons. The molecular formula is C21H21N5OS. The summed E-state index contributed by atoms with van der Waals surface area (Å²) in [4.78, 5) is 24.4. The SMILES string of the molecule is Cc1ccsc1N1CCN(C(Cc2ccc(C#N)cc2)c2cnc[nH]2)CC1=O. The third-order valence-corrected chi connectivity index (χ3v) is 6.20. The van der Waals surface area contributed by atoms with E-state index in [2.05, 4.69) is 27.0 Å². The normalized spacial score (nSPS) is 16.1. The molecule has 1 saturated heterocycles. The van der Waals surface area contributed by atoms with Crippen LogP contribution in [0.25, 0.3) is 0 Å². The Balaban J connectivity index is 1.54. The quantitative estimate of drug-likeness (QED) is 0.724. The third-order valence-electron chi connectivity index (χ3n) is 5.16. The van der Waals surface area contributed by atoms with Gasteiger partial charge in [-0.25, -0.2) is 4.98 Å². The summed E-state index contributed by atoms with van der Waals surface area (Å²) < 4.78 is 0. The number of nitrogens with zero attached hydrogens (tertiary/aromatic N) is 4. The summed E-state index contributed by atoms with van der Waals surface area (Å²) in [5.74, 6) is 0.126. The number of H-pyrrole nitrogens is 1. The Labute approximate surface area is 168 Å². The largest absolute Gasteiger partial charge is 0.347 e. The van der Waals surface area contributed by atoms with Crippen LogP contribution in [0.15, 0.2) is 48.2 Å². The lowest BCUT2D eigenvalue weighted by Crippen LogP contribution is -2.51. The summed E-state index contributed by atoms with van der Waals surface area (Å²) in [5, 5.41) is 12.1. The molecule has 3 aromatic rings. The first kappa shape index (κ1) is 18.4. The summed E-state index contributed by atoms with van der Waals surface area (Å²) in [7, 11) is 0. The number of hydrogen-bond donors (Lipinski definition) is 1. The average molecular weight is 392 g/mol. The summed E-state index contributed by atoms with van der Waals surface area (Å²) in [5.41, 5.74) is 3.92. The molecular weight excluding hydrogens is 370 g/mol. The van der Waals surface area contributed by atoms with Crippen molar-refractivity contribution in [3.63, 3.8) is 0 Å². The van der Waals surface area contributed by atoms with Crippen LogP contribution in [0.5, 0.6) is 0 Å². The predicted octanol–water partition coefficient (Wildman–Crippen LogP) is 3.28. The Bertz CT molecular complexity index is 987. The van der Waals surface area contributed by atoms with Gasteiger partial charge in [0.1, 0.15) is 5.00 Å². The molecule has 1 aliphatic heterocycles. The molecule has 7 heteroatoms. The van der Waals surface area contributed by atoms with E-state index in [-0.39, 0.29) is 11.9 Å². The van der Waals surface area contributed by atoms with Gasteiger partial charge in [-0.05, 0) is 48.1 Å². The number of aryl methyl sites for hydroxylation is 1. The number of thiophene rings is 1. The van der Waals surface area contributed by atoms with Crippen LogP contribution < -0.4 is 4.90 Å². The Morgan fingerprint density at radius 2 is 2.11 bits per heavy atom. The molecule has 4 rings (SSSR count). The number of amides is 1. The number of nitrogens with one attached hydrogen (secondary N) is 1. The molecule has 0 aliphatic carbocycles. The highest BCUT2D eigenvalue weighted by Crippen LogP contribution is 2.31. The lowest BCUT2D eigenvalue weighted by Gasteiger charge is -2.38. The fourth-order valence-corrected chi connectivity index (χ4v) is 4.61. The van der Waals surface area contributed by atoms with E-state index < -0.39 is 0 Å². The molecule has 1 aliphatic rings. The number of piperazine rings is 1. The number of aromatic amines is 1. The van der Waals surface area contributed by atoms with Crippen LogP contribution in [0.2, 0.25) is 0 Å². The minimum atomic E-state index is 0.0333. The molecule has 2 aromatic heterocycles. The summed E-state index contributed by atoms with van der Waals surface area (Å²) in [6.07, 6.45) is 4.25. The van der Waals surface area contributed by atoms with Gasteiger partial charge >= 0.3 is 0 Å². The third kappa shape index (κ3) is 3.70. The number of nitriles is 1. The molecule has 0 spiro atoms. The van der Waals surface area contributed by atoms with Crippen molar-refractivity contribution in [2.24, 2.45) is 0 Å². The first-order valence-corrected chi connectivity index (χ1v) is 10.1. The predicted molar refractivity (Wildman–Crippen MR) is 109 cm³/mol. The van der Waals surface area contributed by atoms with Crippen molar-refractivity contribution in [2.45, 2.75) is 19.4 Å². The second-order valence-electron chi connectivity index (χ2n) is 6.96. The first-order valence-electron chi connectivity index (χ1n) is 9.21. The summed E-state index contributed by atoms with van der Waals surface area (Å²) in [6, 6.07) is 11.9. The van der Waals surface area contributed by atoms with E-state index in [0.717, 1.165) is 34.8 Å². The van der Waals surface area contributed by atoms with Crippen molar-refractivity contribution in [2.75, 3.05) is 24.5 Å². The Morgan fingerprint density at radius 3 is 2.71 bits per heavy atom. The number of carbonyl (C=O) groups excluding carboxylic acids is 1.